The molecule has 0 saturated carbocycles. The van der Waals surface area contributed by atoms with E-state index in [0.717, 1.165) is 21.6 Å². The number of benzene rings is 3. The van der Waals surface area contributed by atoms with E-state index in [9.17, 15) is 19.5 Å². The Kier molecular flexibility index (Phi) is 5.74. The van der Waals surface area contributed by atoms with Gasteiger partial charge >= 0.3 is 5.97 Å². The number of hydrogen-bond acceptors (Lipinski definition) is 5. The molecule has 1 aliphatic rings. The minimum atomic E-state index is -1.19. The highest BCUT2D eigenvalue weighted by molar-refractivity contribution is 6.35. The predicted molar refractivity (Wildman–Crippen MR) is 125 cm³/mol. The van der Waals surface area contributed by atoms with E-state index in [1.54, 1.807) is 13.0 Å². The Labute approximate surface area is 191 Å². The monoisotopic (exact) mass is 444 g/mol. The van der Waals surface area contributed by atoms with Crippen molar-refractivity contribution in [2.75, 3.05) is 12.0 Å². The van der Waals surface area contributed by atoms with Gasteiger partial charge in [-0.15, -0.1) is 0 Å². The topological polar surface area (TPSA) is 110 Å². The number of carboxylic acid groups (broad SMARTS) is 1. The summed E-state index contributed by atoms with van der Waals surface area (Å²) in [5.41, 5.74) is 9.88. The van der Waals surface area contributed by atoms with E-state index in [1.165, 1.54) is 19.2 Å². The molecule has 0 saturated heterocycles. The number of amides is 2. The minimum absolute atomic E-state index is 0.199. The van der Waals surface area contributed by atoms with Crippen molar-refractivity contribution in [3.63, 3.8) is 0 Å². The Morgan fingerprint density at radius 2 is 1.61 bits per heavy atom. The maximum absolute atomic E-state index is 13.4. The molecule has 1 heterocycles. The number of anilines is 1. The van der Waals surface area contributed by atoms with Gasteiger partial charge in [0.05, 0.1) is 23.9 Å². The summed E-state index contributed by atoms with van der Waals surface area (Å²) in [4.78, 5) is 39.3. The van der Waals surface area contributed by atoms with Crippen molar-refractivity contribution in [1.82, 2.24) is 0 Å². The Bertz CT molecular complexity index is 1270. The molecule has 7 heteroatoms. The normalized spacial score (nSPS) is 14.7. The van der Waals surface area contributed by atoms with Crippen LogP contribution in [-0.4, -0.2) is 36.0 Å². The van der Waals surface area contributed by atoms with Crippen LogP contribution < -0.4 is 15.4 Å². The quantitative estimate of drug-likeness (QED) is 0.557. The summed E-state index contributed by atoms with van der Waals surface area (Å²) in [6.45, 7) is 3.52. The summed E-state index contributed by atoms with van der Waals surface area (Å²) >= 11 is 0. The Morgan fingerprint density at radius 1 is 0.970 bits per heavy atom. The third-order valence-electron chi connectivity index (χ3n) is 6.18. The zero-order valence-corrected chi connectivity index (χ0v) is 18.5. The van der Waals surface area contributed by atoms with Crippen molar-refractivity contribution in [3.05, 3.63) is 82.9 Å². The molecule has 2 atom stereocenters. The second-order valence-corrected chi connectivity index (χ2v) is 8.05. The Morgan fingerprint density at radius 3 is 2.21 bits per heavy atom. The lowest BCUT2D eigenvalue weighted by molar-refractivity contribution is -0.139. The molecule has 3 aromatic carbocycles. The highest BCUT2D eigenvalue weighted by atomic mass is 16.5. The number of fused-ring (bicyclic) bond motifs is 1. The van der Waals surface area contributed by atoms with Crippen molar-refractivity contribution >= 4 is 23.5 Å². The number of ether oxygens (including phenoxy) is 1. The largest absolute Gasteiger partial charge is 0.496 e. The second kappa shape index (κ2) is 8.52. The molecule has 168 valence electrons. The van der Waals surface area contributed by atoms with E-state index in [0.29, 0.717) is 17.0 Å². The molecule has 3 aromatic rings. The number of aliphatic carboxylic acids is 1. The van der Waals surface area contributed by atoms with Crippen molar-refractivity contribution < 1.29 is 24.2 Å². The third-order valence-corrected chi connectivity index (χ3v) is 6.18. The average Bonchev–Trinajstić information content (AvgIpc) is 3.07. The van der Waals surface area contributed by atoms with E-state index < -0.39 is 29.7 Å². The SMILES string of the molecule is COc1cc2c(cc1C(C)[C@H](N)C(=O)O)C(=O)N(c1cccc(-c3ccccc3)c1C)C2=O. The van der Waals surface area contributed by atoms with Gasteiger partial charge in [-0.05, 0) is 47.4 Å². The lowest BCUT2D eigenvalue weighted by Gasteiger charge is -2.19. The molecular formula is C26H24N2O5. The van der Waals surface area contributed by atoms with Gasteiger partial charge in [-0.25, -0.2) is 4.90 Å². The van der Waals surface area contributed by atoms with E-state index >= 15 is 0 Å². The van der Waals surface area contributed by atoms with E-state index in [1.807, 2.05) is 49.4 Å². The number of carbonyl (C=O) groups is 3. The first-order chi connectivity index (χ1) is 15.8. The summed E-state index contributed by atoms with van der Waals surface area (Å²) in [6, 6.07) is 17.1. The fraction of sp³-hybridized carbons (Fsp3) is 0.192. The number of carbonyl (C=O) groups excluding carboxylic acids is 2. The molecule has 0 radical (unpaired) electrons. The third kappa shape index (κ3) is 3.66. The van der Waals surface area contributed by atoms with E-state index in [2.05, 4.69) is 0 Å². The van der Waals surface area contributed by atoms with Crippen molar-refractivity contribution in [3.8, 4) is 16.9 Å². The number of carboxylic acids is 1. The average molecular weight is 444 g/mol. The van der Waals surface area contributed by atoms with Crippen LogP contribution in [0, 0.1) is 6.92 Å². The van der Waals surface area contributed by atoms with Crippen LogP contribution in [0.1, 0.15) is 44.7 Å². The Hall–Kier alpha value is -3.97. The fourth-order valence-electron chi connectivity index (χ4n) is 4.24. The maximum atomic E-state index is 13.4. The van der Waals surface area contributed by atoms with Crippen LogP contribution in [0.15, 0.2) is 60.7 Å². The molecule has 4 rings (SSSR count). The first kappa shape index (κ1) is 22.2. The number of methoxy groups -OCH3 is 1. The predicted octanol–water partition coefficient (Wildman–Crippen LogP) is 3.99. The van der Waals surface area contributed by atoms with Gasteiger partial charge in [0.1, 0.15) is 11.8 Å². The second-order valence-electron chi connectivity index (χ2n) is 8.05. The van der Waals surface area contributed by atoms with Crippen LogP contribution in [0.5, 0.6) is 5.75 Å². The van der Waals surface area contributed by atoms with Gasteiger partial charge in [0.2, 0.25) is 0 Å². The van der Waals surface area contributed by atoms with E-state index in [4.69, 9.17) is 10.5 Å². The molecule has 2 amide bonds. The first-order valence-electron chi connectivity index (χ1n) is 10.5. The van der Waals surface area contributed by atoms with Crippen molar-refractivity contribution in [2.45, 2.75) is 25.8 Å². The summed E-state index contributed by atoms with van der Waals surface area (Å²) in [7, 11) is 1.43. The molecule has 3 N–H and O–H groups in total. The lowest BCUT2D eigenvalue weighted by atomic mass is 9.90. The van der Waals surface area contributed by atoms with Gasteiger partial charge in [0.25, 0.3) is 11.8 Å². The van der Waals surface area contributed by atoms with Crippen LogP contribution in [-0.2, 0) is 4.79 Å². The molecule has 33 heavy (non-hydrogen) atoms. The van der Waals surface area contributed by atoms with Crippen LogP contribution in [0.25, 0.3) is 11.1 Å². The minimum Gasteiger partial charge on any atom is -0.496 e. The zero-order valence-electron chi connectivity index (χ0n) is 18.5. The number of imide groups is 1. The van der Waals surface area contributed by atoms with Crippen LogP contribution in [0.3, 0.4) is 0 Å². The van der Waals surface area contributed by atoms with Gasteiger partial charge in [-0.2, -0.15) is 0 Å². The maximum Gasteiger partial charge on any atom is 0.321 e. The summed E-state index contributed by atoms with van der Waals surface area (Å²) in [5.74, 6) is -2.41. The van der Waals surface area contributed by atoms with Crippen molar-refractivity contribution in [2.24, 2.45) is 5.73 Å². The number of nitrogens with zero attached hydrogens (tertiary/aromatic N) is 1. The van der Waals surface area contributed by atoms with Crippen LogP contribution in [0.4, 0.5) is 5.69 Å². The molecule has 0 bridgehead atoms. The number of hydrogen-bond donors (Lipinski definition) is 2. The van der Waals surface area contributed by atoms with Gasteiger partial charge in [-0.1, -0.05) is 49.4 Å². The number of nitrogens with two attached hydrogens (primary N) is 1. The van der Waals surface area contributed by atoms with Crippen LogP contribution >= 0.6 is 0 Å². The van der Waals surface area contributed by atoms with Gasteiger partial charge in [0, 0.05) is 5.92 Å². The summed E-state index contributed by atoms with van der Waals surface area (Å²) in [6.07, 6.45) is 0. The zero-order chi connectivity index (χ0) is 23.9. The van der Waals surface area contributed by atoms with E-state index in [-0.39, 0.29) is 11.1 Å². The van der Waals surface area contributed by atoms with Crippen LogP contribution in [0.2, 0.25) is 0 Å². The molecule has 0 fully saturated rings. The number of rotatable bonds is 6. The molecule has 1 unspecified atom stereocenters. The molecule has 0 aromatic heterocycles. The Balaban J connectivity index is 1.80. The first-order valence-corrected chi connectivity index (χ1v) is 10.5. The highest BCUT2D eigenvalue weighted by Gasteiger charge is 2.39. The summed E-state index contributed by atoms with van der Waals surface area (Å²) in [5, 5.41) is 9.31. The molecule has 0 aliphatic carbocycles. The summed E-state index contributed by atoms with van der Waals surface area (Å²) < 4.78 is 5.42. The van der Waals surface area contributed by atoms with Gasteiger partial charge in [0.15, 0.2) is 0 Å². The standard InChI is InChI=1S/C26H24N2O5/c1-14-17(16-8-5-4-6-9-16)10-7-11-21(14)28-24(29)19-12-18(15(2)23(27)26(31)32)22(33-3)13-20(19)25(28)30/h4-13,15,23H,27H2,1-3H3,(H,31,32)/t15?,23-/m0/s1. The van der Waals surface area contributed by atoms with Gasteiger partial charge in [-0.3, -0.25) is 14.4 Å². The fourth-order valence-corrected chi connectivity index (χ4v) is 4.24. The molecule has 0 spiro atoms. The molecular weight excluding hydrogens is 420 g/mol. The van der Waals surface area contributed by atoms with Crippen molar-refractivity contribution in [1.29, 1.82) is 0 Å². The smallest absolute Gasteiger partial charge is 0.321 e. The van der Waals surface area contributed by atoms with Gasteiger partial charge < -0.3 is 15.6 Å². The molecule has 7 nitrogen and oxygen atoms in total. The highest BCUT2D eigenvalue weighted by Crippen LogP contribution is 2.39. The lowest BCUT2D eigenvalue weighted by Crippen LogP contribution is -2.35. The molecule has 1 aliphatic heterocycles.